The van der Waals surface area contributed by atoms with Crippen LogP contribution in [0.4, 0.5) is 5.69 Å². The smallest absolute Gasteiger partial charge is 0.255 e. The topological polar surface area (TPSA) is 32.3 Å². The SMILES string of the molecule is CCCC1CCN(C(=O)c2cccc3c2NCCC3)CC1. The van der Waals surface area contributed by atoms with Crippen LogP contribution in [0, 0.1) is 5.92 Å². The van der Waals surface area contributed by atoms with Crippen LogP contribution in [-0.2, 0) is 6.42 Å². The van der Waals surface area contributed by atoms with E-state index in [4.69, 9.17) is 0 Å². The Labute approximate surface area is 127 Å². The summed E-state index contributed by atoms with van der Waals surface area (Å²) in [7, 11) is 0. The van der Waals surface area contributed by atoms with Crippen molar-refractivity contribution in [2.75, 3.05) is 25.0 Å². The van der Waals surface area contributed by atoms with Gasteiger partial charge in [-0.15, -0.1) is 0 Å². The predicted molar refractivity (Wildman–Crippen MR) is 86.8 cm³/mol. The maximum atomic E-state index is 12.8. The van der Waals surface area contributed by atoms with E-state index in [-0.39, 0.29) is 5.91 Å². The zero-order valence-corrected chi connectivity index (χ0v) is 13.0. The molecule has 3 heteroatoms. The Balaban J connectivity index is 1.72. The van der Waals surface area contributed by atoms with E-state index < -0.39 is 0 Å². The second-order valence-electron chi connectivity index (χ2n) is 6.39. The number of rotatable bonds is 3. The van der Waals surface area contributed by atoms with Crippen LogP contribution in [-0.4, -0.2) is 30.4 Å². The van der Waals surface area contributed by atoms with Crippen LogP contribution >= 0.6 is 0 Å². The van der Waals surface area contributed by atoms with Crippen molar-refractivity contribution < 1.29 is 4.79 Å². The number of benzene rings is 1. The summed E-state index contributed by atoms with van der Waals surface area (Å²) >= 11 is 0. The van der Waals surface area contributed by atoms with Crippen molar-refractivity contribution in [3.63, 3.8) is 0 Å². The molecule has 3 nitrogen and oxygen atoms in total. The molecule has 0 saturated carbocycles. The molecule has 0 spiro atoms. The van der Waals surface area contributed by atoms with E-state index >= 15 is 0 Å². The number of aryl methyl sites for hydroxylation is 1. The third-order valence-electron chi connectivity index (χ3n) is 4.90. The number of piperidine rings is 1. The van der Waals surface area contributed by atoms with Gasteiger partial charge in [0.1, 0.15) is 0 Å². The highest BCUT2D eigenvalue weighted by Crippen LogP contribution is 2.29. The lowest BCUT2D eigenvalue weighted by Crippen LogP contribution is -2.39. The number of nitrogens with one attached hydrogen (secondary N) is 1. The van der Waals surface area contributed by atoms with Crippen LogP contribution in [0.15, 0.2) is 18.2 Å². The fourth-order valence-electron chi connectivity index (χ4n) is 3.69. The number of fused-ring (bicyclic) bond motifs is 1. The minimum absolute atomic E-state index is 0.219. The molecule has 114 valence electrons. The van der Waals surface area contributed by atoms with E-state index in [0.29, 0.717) is 0 Å². The van der Waals surface area contributed by atoms with Gasteiger partial charge in [-0.05, 0) is 43.2 Å². The van der Waals surface area contributed by atoms with Crippen molar-refractivity contribution in [3.05, 3.63) is 29.3 Å². The highest BCUT2D eigenvalue weighted by Gasteiger charge is 2.25. The van der Waals surface area contributed by atoms with E-state index in [2.05, 4.69) is 23.2 Å². The summed E-state index contributed by atoms with van der Waals surface area (Å²) in [6.07, 6.45) is 7.15. The Hall–Kier alpha value is -1.51. The van der Waals surface area contributed by atoms with E-state index in [9.17, 15) is 4.79 Å². The number of amides is 1. The summed E-state index contributed by atoms with van der Waals surface area (Å²) in [5, 5.41) is 3.43. The number of para-hydroxylation sites is 1. The molecule has 2 heterocycles. The van der Waals surface area contributed by atoms with Gasteiger partial charge in [-0.2, -0.15) is 0 Å². The molecule has 1 aromatic rings. The summed E-state index contributed by atoms with van der Waals surface area (Å²) in [6, 6.07) is 6.16. The number of hydrogen-bond donors (Lipinski definition) is 1. The molecule has 0 atom stereocenters. The van der Waals surface area contributed by atoms with Gasteiger partial charge < -0.3 is 10.2 Å². The minimum atomic E-state index is 0.219. The third-order valence-corrected chi connectivity index (χ3v) is 4.90. The lowest BCUT2D eigenvalue weighted by atomic mass is 9.92. The Kier molecular flexibility index (Phi) is 4.47. The number of hydrogen-bond acceptors (Lipinski definition) is 2. The molecule has 1 fully saturated rings. The van der Waals surface area contributed by atoms with Crippen molar-refractivity contribution in [2.45, 2.75) is 45.4 Å². The summed E-state index contributed by atoms with van der Waals surface area (Å²) in [6.45, 7) is 5.08. The van der Waals surface area contributed by atoms with Crippen LogP contribution in [0.1, 0.15) is 54.9 Å². The van der Waals surface area contributed by atoms with Crippen molar-refractivity contribution in [3.8, 4) is 0 Å². The number of carbonyl (C=O) groups is 1. The van der Waals surface area contributed by atoms with Crippen molar-refractivity contribution in [2.24, 2.45) is 5.92 Å². The van der Waals surface area contributed by atoms with Crippen molar-refractivity contribution >= 4 is 11.6 Å². The number of anilines is 1. The molecule has 2 aliphatic rings. The summed E-state index contributed by atoms with van der Waals surface area (Å²) in [4.78, 5) is 14.9. The molecule has 0 radical (unpaired) electrons. The molecule has 1 N–H and O–H groups in total. The van der Waals surface area contributed by atoms with Gasteiger partial charge in [0.25, 0.3) is 5.91 Å². The molecule has 0 aromatic heterocycles. The fraction of sp³-hybridized carbons (Fsp3) is 0.611. The molecular weight excluding hydrogens is 260 g/mol. The predicted octanol–water partition coefficient (Wildman–Crippen LogP) is 3.70. The highest BCUT2D eigenvalue weighted by atomic mass is 16.2. The average molecular weight is 286 g/mol. The largest absolute Gasteiger partial charge is 0.384 e. The zero-order chi connectivity index (χ0) is 14.7. The first-order chi connectivity index (χ1) is 10.3. The van der Waals surface area contributed by atoms with E-state index in [1.165, 1.54) is 31.2 Å². The van der Waals surface area contributed by atoms with Gasteiger partial charge in [0.15, 0.2) is 0 Å². The molecule has 1 amide bonds. The average Bonchev–Trinajstić information content (AvgIpc) is 2.55. The van der Waals surface area contributed by atoms with E-state index in [1.54, 1.807) is 0 Å². The summed E-state index contributed by atoms with van der Waals surface area (Å²) in [5.41, 5.74) is 3.26. The van der Waals surface area contributed by atoms with Gasteiger partial charge in [-0.3, -0.25) is 4.79 Å². The molecule has 1 aromatic carbocycles. The number of carbonyl (C=O) groups excluding carboxylic acids is 1. The second kappa shape index (κ2) is 6.50. The zero-order valence-electron chi connectivity index (χ0n) is 13.0. The molecule has 1 saturated heterocycles. The standard InChI is InChI=1S/C18H26N2O/c1-2-5-14-9-12-20(13-10-14)18(21)16-8-3-6-15-7-4-11-19-17(15)16/h3,6,8,14,19H,2,4-5,7,9-13H2,1H3. The molecule has 0 bridgehead atoms. The van der Waals surface area contributed by atoms with Crippen LogP contribution in [0.2, 0.25) is 0 Å². The van der Waals surface area contributed by atoms with Crippen molar-refractivity contribution in [1.82, 2.24) is 4.90 Å². The fourth-order valence-corrected chi connectivity index (χ4v) is 3.69. The lowest BCUT2D eigenvalue weighted by molar-refractivity contribution is 0.0687. The summed E-state index contributed by atoms with van der Waals surface area (Å²) in [5.74, 6) is 1.04. The number of likely N-dealkylation sites (tertiary alicyclic amines) is 1. The Morgan fingerprint density at radius 1 is 1.33 bits per heavy atom. The minimum Gasteiger partial charge on any atom is -0.384 e. The van der Waals surface area contributed by atoms with Gasteiger partial charge in [-0.25, -0.2) is 0 Å². The van der Waals surface area contributed by atoms with E-state index in [1.807, 2.05) is 12.1 Å². The maximum absolute atomic E-state index is 12.8. The van der Waals surface area contributed by atoms with Crippen LogP contribution in [0.5, 0.6) is 0 Å². The van der Waals surface area contributed by atoms with Crippen molar-refractivity contribution in [1.29, 1.82) is 0 Å². The quantitative estimate of drug-likeness (QED) is 0.919. The second-order valence-corrected chi connectivity index (χ2v) is 6.39. The molecule has 0 unspecified atom stereocenters. The Bertz CT molecular complexity index is 504. The van der Waals surface area contributed by atoms with Crippen LogP contribution in [0.3, 0.4) is 0 Å². The molecular formula is C18H26N2O. The molecule has 3 rings (SSSR count). The summed E-state index contributed by atoms with van der Waals surface area (Å²) < 4.78 is 0. The number of nitrogens with zero attached hydrogens (tertiary/aromatic N) is 1. The van der Waals surface area contributed by atoms with Gasteiger partial charge >= 0.3 is 0 Å². The molecule has 2 aliphatic heterocycles. The van der Waals surface area contributed by atoms with E-state index in [0.717, 1.165) is 49.6 Å². The first-order valence-electron chi connectivity index (χ1n) is 8.44. The van der Waals surface area contributed by atoms with Gasteiger partial charge in [0.05, 0.1) is 11.3 Å². The first-order valence-corrected chi connectivity index (χ1v) is 8.44. The third kappa shape index (κ3) is 3.07. The van der Waals surface area contributed by atoms with Crippen LogP contribution in [0.25, 0.3) is 0 Å². The van der Waals surface area contributed by atoms with Gasteiger partial charge in [-0.1, -0.05) is 31.9 Å². The molecule has 21 heavy (non-hydrogen) atoms. The van der Waals surface area contributed by atoms with Gasteiger partial charge in [0, 0.05) is 19.6 Å². The van der Waals surface area contributed by atoms with Crippen LogP contribution < -0.4 is 5.32 Å². The monoisotopic (exact) mass is 286 g/mol. The normalized spacial score (nSPS) is 19.0. The highest BCUT2D eigenvalue weighted by molar-refractivity contribution is 6.00. The lowest BCUT2D eigenvalue weighted by Gasteiger charge is -2.33. The Morgan fingerprint density at radius 2 is 2.14 bits per heavy atom. The van der Waals surface area contributed by atoms with Gasteiger partial charge in [0.2, 0.25) is 0 Å². The maximum Gasteiger partial charge on any atom is 0.255 e. The molecule has 0 aliphatic carbocycles. The Morgan fingerprint density at radius 3 is 2.90 bits per heavy atom. The first kappa shape index (κ1) is 14.4.